The fraction of sp³-hybridized carbons (Fsp3) is 0.566. The van der Waals surface area contributed by atoms with Crippen molar-refractivity contribution >= 4 is 90.4 Å². The third-order valence-corrected chi connectivity index (χ3v) is 18.8. The molecule has 0 bridgehead atoms. The lowest BCUT2D eigenvalue weighted by Crippen LogP contribution is -2.52. The van der Waals surface area contributed by atoms with Crippen molar-refractivity contribution in [1.29, 1.82) is 0 Å². The summed E-state index contributed by atoms with van der Waals surface area (Å²) in [5.41, 5.74) is 0.713. The molecule has 1 heterocycles. The van der Waals surface area contributed by atoms with E-state index in [1.807, 2.05) is 83.1 Å². The van der Waals surface area contributed by atoms with Crippen LogP contribution in [0, 0.1) is 21.7 Å². The number of nitrogens with zero attached hydrogens (tertiary/aromatic N) is 3. The highest BCUT2D eigenvalue weighted by atomic mass is 28.5. The van der Waals surface area contributed by atoms with Crippen LogP contribution in [-0.2, 0) is 46.4 Å². The second kappa shape index (κ2) is 25.1. The predicted molar refractivity (Wildman–Crippen MR) is 295 cm³/mol. The topological polar surface area (TPSA) is 198 Å². The monoisotopic (exact) mass is 1050 g/mol. The molecule has 72 heavy (non-hydrogen) atoms. The normalized spacial score (nSPS) is 12.5. The van der Waals surface area contributed by atoms with Gasteiger partial charge in [-0.15, -0.1) is 0 Å². The summed E-state index contributed by atoms with van der Waals surface area (Å²) in [4.78, 5) is 67.1. The maximum absolute atomic E-state index is 13.2. The molecule has 0 aliphatic carbocycles. The Kier molecular flexibility index (Phi) is 21.3. The molecule has 0 fully saturated rings. The number of anilines is 5. The van der Waals surface area contributed by atoms with Crippen molar-refractivity contribution in [2.45, 2.75) is 141 Å². The first-order valence-corrected chi connectivity index (χ1v) is 34.0. The van der Waals surface area contributed by atoms with Crippen LogP contribution in [-0.4, -0.2) is 97.0 Å². The maximum Gasteiger partial charge on any atom is 0.345 e. The van der Waals surface area contributed by atoms with Gasteiger partial charge in [-0.2, -0.15) is 15.0 Å². The molecule has 2 aromatic carbocycles. The van der Waals surface area contributed by atoms with Gasteiger partial charge in [0.1, 0.15) is 11.1 Å². The van der Waals surface area contributed by atoms with Gasteiger partial charge in [0.2, 0.25) is 17.8 Å². The van der Waals surface area contributed by atoms with Gasteiger partial charge in [0.05, 0.1) is 26.4 Å². The molecule has 16 nitrogen and oxygen atoms in total. The Bertz CT molecular complexity index is 2150. The molecule has 0 aliphatic rings. The SMILES string of the molecule is CC(C)(C)COC(=O)C(=Cc1ccc(Nc2nc(NCCC[Si](C)(O[Si](C)(C)C)O[Si](C)(C)C)nc(Nc3ccc(C=C(C(=O)OCC(C)(C)C)C(=O)OCC(C)(C)C)cc3)n2)cc1)C(=O)OCC(C)(C)C. The fourth-order valence-electron chi connectivity index (χ4n) is 6.35. The molecule has 3 N–H and O–H groups in total. The van der Waals surface area contributed by atoms with Crippen LogP contribution in [0.2, 0.25) is 51.9 Å². The van der Waals surface area contributed by atoms with Crippen LogP contribution in [0.1, 0.15) is 101 Å². The molecule has 0 atom stereocenters. The van der Waals surface area contributed by atoms with Crippen molar-refractivity contribution in [2.24, 2.45) is 21.7 Å². The van der Waals surface area contributed by atoms with E-state index in [-0.39, 0.29) is 71.1 Å². The van der Waals surface area contributed by atoms with Gasteiger partial charge in [-0.1, -0.05) is 107 Å². The van der Waals surface area contributed by atoms with Crippen LogP contribution in [0.25, 0.3) is 12.2 Å². The quantitative estimate of drug-likeness (QED) is 0.0154. The Balaban J connectivity index is 1.98. The van der Waals surface area contributed by atoms with Crippen LogP contribution < -0.4 is 16.0 Å². The molecular formula is C53H84N6O10Si3. The smallest absolute Gasteiger partial charge is 0.345 e. The number of carbonyl (C=O) groups is 4. The summed E-state index contributed by atoms with van der Waals surface area (Å²) in [6, 6.07) is 14.9. The Morgan fingerprint density at radius 1 is 0.472 bits per heavy atom. The van der Waals surface area contributed by atoms with Crippen molar-refractivity contribution in [1.82, 2.24) is 15.0 Å². The van der Waals surface area contributed by atoms with Gasteiger partial charge in [0.25, 0.3) is 0 Å². The summed E-state index contributed by atoms with van der Waals surface area (Å²) in [5.74, 6) is -2.29. The number of benzene rings is 2. The molecule has 398 valence electrons. The van der Waals surface area contributed by atoms with Crippen molar-refractivity contribution in [3.8, 4) is 0 Å². The van der Waals surface area contributed by atoms with Gasteiger partial charge in [0.15, 0.2) is 16.6 Å². The van der Waals surface area contributed by atoms with Crippen molar-refractivity contribution in [3.05, 3.63) is 70.8 Å². The second-order valence-electron chi connectivity index (χ2n) is 25.1. The number of rotatable bonds is 23. The lowest BCUT2D eigenvalue weighted by atomic mass is 9.98. The van der Waals surface area contributed by atoms with E-state index in [2.05, 4.69) is 61.8 Å². The van der Waals surface area contributed by atoms with E-state index in [0.29, 0.717) is 35.0 Å². The second-order valence-corrected chi connectivity index (χ2v) is 37.9. The van der Waals surface area contributed by atoms with Crippen LogP contribution in [0.4, 0.5) is 29.2 Å². The number of nitrogens with one attached hydrogen (secondary N) is 3. The zero-order chi connectivity index (χ0) is 54.5. The average molecular weight is 1050 g/mol. The summed E-state index contributed by atoms with van der Waals surface area (Å²) in [5, 5.41) is 9.90. The first-order valence-electron chi connectivity index (χ1n) is 24.6. The van der Waals surface area contributed by atoms with E-state index in [1.54, 1.807) is 48.5 Å². The Hall–Kier alpha value is -5.22. The number of hydrogen-bond donors (Lipinski definition) is 3. The number of ether oxygens (including phenoxy) is 4. The van der Waals surface area contributed by atoms with E-state index in [1.165, 1.54) is 12.2 Å². The molecule has 0 amide bonds. The molecule has 3 aromatic rings. The van der Waals surface area contributed by atoms with E-state index in [9.17, 15) is 19.2 Å². The minimum absolute atomic E-state index is 0.120. The predicted octanol–water partition coefficient (Wildman–Crippen LogP) is 12.1. The largest absolute Gasteiger partial charge is 0.461 e. The molecular weight excluding hydrogens is 965 g/mol. The summed E-state index contributed by atoms with van der Waals surface area (Å²) < 4.78 is 35.6. The molecule has 0 saturated heterocycles. The third kappa shape index (κ3) is 24.9. The van der Waals surface area contributed by atoms with Gasteiger partial charge in [-0.3, -0.25) is 0 Å². The summed E-state index contributed by atoms with van der Waals surface area (Å²) in [6.07, 6.45) is 3.68. The highest BCUT2D eigenvalue weighted by Crippen LogP contribution is 2.27. The Labute approximate surface area is 432 Å². The molecule has 0 saturated carbocycles. The number of esters is 4. The zero-order valence-electron chi connectivity index (χ0n) is 46.6. The highest BCUT2D eigenvalue weighted by molar-refractivity contribution is 6.87. The average Bonchev–Trinajstić information content (AvgIpc) is 3.21. The minimum atomic E-state index is -2.49. The first kappa shape index (κ1) is 61.1. The highest BCUT2D eigenvalue weighted by Gasteiger charge is 2.40. The number of carbonyl (C=O) groups excluding carboxylic acids is 4. The molecule has 1 aromatic heterocycles. The summed E-state index contributed by atoms with van der Waals surface area (Å²) in [6.45, 7) is 39.5. The van der Waals surface area contributed by atoms with Crippen LogP contribution in [0.3, 0.4) is 0 Å². The van der Waals surface area contributed by atoms with Gasteiger partial charge in [-0.05, 0) is 127 Å². The third-order valence-electron chi connectivity index (χ3n) is 9.15. The van der Waals surface area contributed by atoms with Crippen LogP contribution >= 0.6 is 0 Å². The Morgan fingerprint density at radius 2 is 0.764 bits per heavy atom. The lowest BCUT2D eigenvalue weighted by Gasteiger charge is -2.38. The van der Waals surface area contributed by atoms with Gasteiger partial charge in [0, 0.05) is 17.9 Å². The number of aromatic nitrogens is 3. The van der Waals surface area contributed by atoms with E-state index in [0.717, 1.165) is 12.5 Å². The maximum atomic E-state index is 13.2. The van der Waals surface area contributed by atoms with Crippen LogP contribution in [0.5, 0.6) is 0 Å². The minimum Gasteiger partial charge on any atom is -0.461 e. The van der Waals surface area contributed by atoms with Crippen molar-refractivity contribution in [2.75, 3.05) is 48.9 Å². The Morgan fingerprint density at radius 3 is 1.04 bits per heavy atom. The summed E-state index contributed by atoms with van der Waals surface area (Å²) >= 11 is 0. The molecule has 0 unspecified atom stereocenters. The van der Waals surface area contributed by atoms with Gasteiger partial charge >= 0.3 is 32.4 Å². The molecule has 19 heteroatoms. The van der Waals surface area contributed by atoms with E-state index >= 15 is 0 Å². The van der Waals surface area contributed by atoms with E-state index in [4.69, 9.17) is 42.1 Å². The molecule has 0 spiro atoms. The number of hydrogen-bond acceptors (Lipinski definition) is 16. The van der Waals surface area contributed by atoms with Crippen LogP contribution in [0.15, 0.2) is 59.7 Å². The summed E-state index contributed by atoms with van der Waals surface area (Å²) in [7, 11) is -6.27. The molecule has 0 aliphatic heterocycles. The van der Waals surface area contributed by atoms with E-state index < -0.39 is 49.1 Å². The molecule has 3 rings (SSSR count). The van der Waals surface area contributed by atoms with Gasteiger partial charge in [-0.25, -0.2) is 19.2 Å². The van der Waals surface area contributed by atoms with Crippen molar-refractivity contribution in [3.63, 3.8) is 0 Å². The van der Waals surface area contributed by atoms with Gasteiger partial charge < -0.3 is 43.1 Å². The molecule has 0 radical (unpaired) electrons. The fourth-order valence-corrected chi connectivity index (χ4v) is 18.9. The van der Waals surface area contributed by atoms with Crippen molar-refractivity contribution < 1.29 is 46.4 Å². The zero-order valence-corrected chi connectivity index (χ0v) is 49.6. The standard InChI is InChI=1S/C53H84N6O10Si3/c1-50(2,3)33-64-43(60)41(44(61)65-34-51(4,5)6)31-37-21-25-39(26-22-37)55-48-57-47(54-29-20-30-72(19,68-70(13,14)15)69-71(16,17)18)58-49(59-48)56-40-27-23-38(24-28-40)32-42(45(62)66-35-52(7,8)9)46(63)67-36-53(10,11)12/h21-28,31-32H,20,29-30,33-36H2,1-19H3,(H3,54,55,56,57,58,59). The first-order chi connectivity index (χ1) is 32.8. The lowest BCUT2D eigenvalue weighted by molar-refractivity contribution is -0.151.